The number of amides is 2. The Hall–Kier alpha value is -2.54. The third kappa shape index (κ3) is 4.98. The van der Waals surface area contributed by atoms with Crippen LogP contribution in [0.25, 0.3) is 6.08 Å². The maximum atomic E-state index is 11.8. The van der Waals surface area contributed by atoms with Crippen molar-refractivity contribution in [3.8, 4) is 11.5 Å². The number of rotatable bonds is 7. The second-order valence-corrected chi connectivity index (χ2v) is 5.86. The lowest BCUT2D eigenvalue weighted by molar-refractivity contribution is -0.151. The Morgan fingerprint density at radius 2 is 2.12 bits per heavy atom. The Kier molecular flexibility index (Phi) is 7.03. The Bertz CT molecular complexity index is 731. The Morgan fingerprint density at radius 3 is 2.73 bits per heavy atom. The van der Waals surface area contributed by atoms with Gasteiger partial charge in [-0.25, -0.2) is 4.79 Å². The van der Waals surface area contributed by atoms with Gasteiger partial charge in [0.1, 0.15) is 0 Å². The van der Waals surface area contributed by atoms with Gasteiger partial charge < -0.3 is 14.2 Å². The molecule has 0 bridgehead atoms. The first-order chi connectivity index (χ1) is 12.5. The summed E-state index contributed by atoms with van der Waals surface area (Å²) in [5, 5.41) is 0.342. The highest BCUT2D eigenvalue weighted by Crippen LogP contribution is 2.36. The molecular formula is C18H20ClNO6. The highest BCUT2D eigenvalue weighted by atomic mass is 35.5. The molecule has 0 unspecified atom stereocenters. The summed E-state index contributed by atoms with van der Waals surface area (Å²) in [7, 11) is 1.48. The van der Waals surface area contributed by atoms with Gasteiger partial charge in [-0.3, -0.25) is 14.5 Å². The molecule has 1 aromatic rings. The average Bonchev–Trinajstić information content (AvgIpc) is 3.04. The molecule has 1 aromatic carbocycles. The molecule has 1 saturated heterocycles. The molecule has 0 saturated carbocycles. The number of ether oxygens (including phenoxy) is 3. The van der Waals surface area contributed by atoms with Crippen molar-refractivity contribution in [2.24, 2.45) is 0 Å². The van der Waals surface area contributed by atoms with Crippen LogP contribution in [0.4, 0.5) is 0 Å². The minimum absolute atomic E-state index is 0.238. The van der Waals surface area contributed by atoms with E-state index in [1.54, 1.807) is 12.1 Å². The number of methoxy groups -OCH3 is 1. The van der Waals surface area contributed by atoms with Gasteiger partial charge in [-0.15, -0.1) is 0 Å². The van der Waals surface area contributed by atoms with Gasteiger partial charge in [-0.2, -0.15) is 0 Å². The zero-order valence-electron chi connectivity index (χ0n) is 14.6. The number of esters is 1. The van der Waals surface area contributed by atoms with Gasteiger partial charge in [0.15, 0.2) is 18.1 Å². The normalized spacial score (nSPS) is 14.0. The number of hydrogen-bond acceptors (Lipinski definition) is 6. The molecule has 1 aliphatic rings. The molecule has 2 rings (SSSR count). The molecule has 0 atom stereocenters. The van der Waals surface area contributed by atoms with E-state index < -0.39 is 18.5 Å². The zero-order chi connectivity index (χ0) is 19.1. The molecule has 0 aliphatic carbocycles. The Morgan fingerprint density at radius 1 is 1.35 bits per heavy atom. The third-order valence-corrected chi connectivity index (χ3v) is 3.94. The molecule has 1 heterocycles. The molecule has 0 radical (unpaired) electrons. The summed E-state index contributed by atoms with van der Waals surface area (Å²) < 4.78 is 15.5. The van der Waals surface area contributed by atoms with Crippen LogP contribution in [0.1, 0.15) is 25.3 Å². The predicted molar refractivity (Wildman–Crippen MR) is 95.1 cm³/mol. The number of carbonyl (C=O) groups excluding carboxylic acids is 3. The van der Waals surface area contributed by atoms with Crippen LogP contribution in [-0.2, 0) is 19.1 Å². The number of carbonyl (C=O) groups is 3. The second kappa shape index (κ2) is 9.24. The van der Waals surface area contributed by atoms with E-state index in [1.165, 1.54) is 19.3 Å². The number of imide groups is 1. The maximum absolute atomic E-state index is 11.8. The van der Waals surface area contributed by atoms with E-state index in [-0.39, 0.29) is 5.91 Å². The molecule has 7 nitrogen and oxygen atoms in total. The summed E-state index contributed by atoms with van der Waals surface area (Å²) in [4.78, 5) is 36.2. The van der Waals surface area contributed by atoms with Gasteiger partial charge in [0.05, 0.1) is 18.7 Å². The van der Waals surface area contributed by atoms with E-state index in [9.17, 15) is 14.4 Å². The maximum Gasteiger partial charge on any atom is 0.331 e. The lowest BCUT2D eigenvalue weighted by atomic mass is 10.2. The fourth-order valence-electron chi connectivity index (χ4n) is 2.48. The van der Waals surface area contributed by atoms with Gasteiger partial charge in [0.25, 0.3) is 5.91 Å². The van der Waals surface area contributed by atoms with E-state index in [2.05, 4.69) is 0 Å². The van der Waals surface area contributed by atoms with Crippen molar-refractivity contribution in [1.29, 1.82) is 0 Å². The molecule has 1 aliphatic heterocycles. The summed E-state index contributed by atoms with van der Waals surface area (Å²) >= 11 is 6.14. The predicted octanol–water partition coefficient (Wildman–Crippen LogP) is 2.45. The van der Waals surface area contributed by atoms with Crippen LogP contribution in [0.2, 0.25) is 5.02 Å². The smallest absolute Gasteiger partial charge is 0.331 e. The topological polar surface area (TPSA) is 82.1 Å². The van der Waals surface area contributed by atoms with Crippen molar-refractivity contribution >= 4 is 35.5 Å². The van der Waals surface area contributed by atoms with Crippen molar-refractivity contribution in [1.82, 2.24) is 4.90 Å². The lowest BCUT2D eigenvalue weighted by Gasteiger charge is -2.13. The van der Waals surface area contributed by atoms with Crippen molar-refractivity contribution in [2.45, 2.75) is 19.8 Å². The molecule has 26 heavy (non-hydrogen) atoms. The van der Waals surface area contributed by atoms with Crippen LogP contribution < -0.4 is 9.47 Å². The second-order valence-electron chi connectivity index (χ2n) is 5.45. The summed E-state index contributed by atoms with van der Waals surface area (Å²) in [6, 6.07) is 3.28. The highest BCUT2D eigenvalue weighted by Gasteiger charge is 2.26. The van der Waals surface area contributed by atoms with E-state index in [0.717, 1.165) is 4.90 Å². The van der Waals surface area contributed by atoms with Crippen molar-refractivity contribution in [3.63, 3.8) is 0 Å². The number of nitrogens with zero attached hydrogens (tertiary/aromatic N) is 1. The third-order valence-electron chi connectivity index (χ3n) is 3.66. The van der Waals surface area contributed by atoms with Crippen LogP contribution in [0.15, 0.2) is 18.2 Å². The van der Waals surface area contributed by atoms with Crippen LogP contribution in [0.5, 0.6) is 11.5 Å². The van der Waals surface area contributed by atoms with Crippen molar-refractivity contribution < 1.29 is 28.6 Å². The van der Waals surface area contributed by atoms with E-state index >= 15 is 0 Å². The quantitative estimate of drug-likeness (QED) is 0.533. The average molecular weight is 382 g/mol. The number of benzene rings is 1. The van der Waals surface area contributed by atoms with Gasteiger partial charge in [-0.05, 0) is 37.1 Å². The standard InChI is InChI=1S/C18H20ClNO6/c1-3-25-14-10-12(9-13(19)18(14)24-2)6-7-17(23)26-11-16(22)20-8-4-5-15(20)21/h6-7,9-10H,3-5,8,11H2,1-2H3/b7-6+. The first-order valence-corrected chi connectivity index (χ1v) is 8.52. The molecule has 140 valence electrons. The molecule has 0 aromatic heterocycles. The van der Waals surface area contributed by atoms with E-state index in [4.69, 9.17) is 25.8 Å². The zero-order valence-corrected chi connectivity index (χ0v) is 15.4. The summed E-state index contributed by atoms with van der Waals surface area (Å²) in [6.07, 6.45) is 3.65. The monoisotopic (exact) mass is 381 g/mol. The molecular weight excluding hydrogens is 362 g/mol. The van der Waals surface area contributed by atoms with Crippen molar-refractivity contribution in [3.05, 3.63) is 28.8 Å². The van der Waals surface area contributed by atoms with E-state index in [1.807, 2.05) is 6.92 Å². The molecule has 1 fully saturated rings. The first-order valence-electron chi connectivity index (χ1n) is 8.14. The van der Waals surface area contributed by atoms with Gasteiger partial charge in [0.2, 0.25) is 5.91 Å². The number of hydrogen-bond donors (Lipinski definition) is 0. The fourth-order valence-corrected chi connectivity index (χ4v) is 2.78. The largest absolute Gasteiger partial charge is 0.491 e. The van der Waals surface area contributed by atoms with Crippen LogP contribution >= 0.6 is 11.6 Å². The van der Waals surface area contributed by atoms with Gasteiger partial charge in [-0.1, -0.05) is 11.6 Å². The molecule has 8 heteroatoms. The first kappa shape index (κ1) is 19.8. The fraction of sp³-hybridized carbons (Fsp3) is 0.389. The molecule has 0 N–H and O–H groups in total. The van der Waals surface area contributed by atoms with Crippen LogP contribution in [0.3, 0.4) is 0 Å². The minimum atomic E-state index is -0.699. The Labute approximate surface area is 156 Å². The number of halogens is 1. The SMILES string of the molecule is CCOc1cc(/C=C/C(=O)OCC(=O)N2CCCC2=O)cc(Cl)c1OC. The summed E-state index contributed by atoms with van der Waals surface area (Å²) in [6.45, 7) is 2.16. The summed E-state index contributed by atoms with van der Waals surface area (Å²) in [5.41, 5.74) is 0.609. The summed E-state index contributed by atoms with van der Waals surface area (Å²) in [5.74, 6) is -0.583. The number of likely N-dealkylation sites (tertiary alicyclic amines) is 1. The van der Waals surface area contributed by atoms with Crippen molar-refractivity contribution in [2.75, 3.05) is 26.9 Å². The molecule has 2 amide bonds. The van der Waals surface area contributed by atoms with Crippen LogP contribution in [0, 0.1) is 0 Å². The lowest BCUT2D eigenvalue weighted by Crippen LogP contribution is -2.35. The Balaban J connectivity index is 1.97. The van der Waals surface area contributed by atoms with Crippen LogP contribution in [-0.4, -0.2) is 49.6 Å². The minimum Gasteiger partial charge on any atom is -0.491 e. The highest BCUT2D eigenvalue weighted by molar-refractivity contribution is 6.32. The molecule has 0 spiro atoms. The van der Waals surface area contributed by atoms with Gasteiger partial charge >= 0.3 is 5.97 Å². The van der Waals surface area contributed by atoms with E-state index in [0.29, 0.717) is 48.1 Å². The van der Waals surface area contributed by atoms with Gasteiger partial charge in [0, 0.05) is 19.0 Å².